The van der Waals surface area contributed by atoms with Gasteiger partial charge in [0.05, 0.1) is 35.8 Å². The molecule has 0 saturated heterocycles. The summed E-state index contributed by atoms with van der Waals surface area (Å²) in [5.74, 6) is 0.464. The number of carbonyl (C=O) groups is 1. The van der Waals surface area contributed by atoms with E-state index in [2.05, 4.69) is 5.32 Å². The van der Waals surface area contributed by atoms with Crippen LogP contribution in [0.25, 0.3) is 0 Å². The Morgan fingerprint density at radius 1 is 1.03 bits per heavy atom. The summed E-state index contributed by atoms with van der Waals surface area (Å²) < 4.78 is 38.3. The van der Waals surface area contributed by atoms with E-state index in [4.69, 9.17) is 9.47 Å². The Morgan fingerprint density at radius 2 is 1.74 bits per heavy atom. The van der Waals surface area contributed by atoms with Crippen LogP contribution in [0.1, 0.15) is 18.5 Å². The third-order valence-electron chi connectivity index (χ3n) is 5.23. The van der Waals surface area contributed by atoms with Gasteiger partial charge in [-0.05, 0) is 43.3 Å². The first kappa shape index (κ1) is 25.5. The lowest BCUT2D eigenvalue weighted by Gasteiger charge is -2.25. The number of nitrogens with zero attached hydrogens (tertiary/aromatic N) is 2. The van der Waals surface area contributed by atoms with E-state index in [1.54, 1.807) is 43.3 Å². The van der Waals surface area contributed by atoms with Gasteiger partial charge in [-0.15, -0.1) is 0 Å². The Bertz CT molecular complexity index is 1310. The molecule has 3 aromatic carbocycles. The van der Waals surface area contributed by atoms with Crippen molar-refractivity contribution in [3.63, 3.8) is 0 Å². The van der Waals surface area contributed by atoms with Gasteiger partial charge in [-0.1, -0.05) is 24.3 Å². The number of benzene rings is 3. The molecule has 3 aromatic rings. The highest BCUT2D eigenvalue weighted by Crippen LogP contribution is 2.30. The van der Waals surface area contributed by atoms with Gasteiger partial charge in [-0.2, -0.15) is 0 Å². The number of anilines is 1. The summed E-state index contributed by atoms with van der Waals surface area (Å²) >= 11 is 0. The van der Waals surface area contributed by atoms with Crippen molar-refractivity contribution in [1.82, 2.24) is 5.32 Å². The molecule has 0 aliphatic carbocycles. The Kier molecular flexibility index (Phi) is 7.92. The van der Waals surface area contributed by atoms with Crippen LogP contribution in [0.3, 0.4) is 0 Å². The highest BCUT2D eigenvalue weighted by atomic mass is 32.2. The van der Waals surface area contributed by atoms with Crippen LogP contribution in [0.2, 0.25) is 0 Å². The topological polar surface area (TPSA) is 128 Å². The molecule has 0 spiro atoms. The molecule has 0 heterocycles. The molecule has 35 heavy (non-hydrogen) atoms. The van der Waals surface area contributed by atoms with Crippen molar-refractivity contribution in [3.05, 3.63) is 88.5 Å². The van der Waals surface area contributed by atoms with Crippen LogP contribution in [0.5, 0.6) is 11.5 Å². The van der Waals surface area contributed by atoms with Crippen LogP contribution in [0, 0.1) is 10.1 Å². The molecule has 10 nitrogen and oxygen atoms in total. The number of nitro benzene ring substituents is 1. The number of hydrogen-bond acceptors (Lipinski definition) is 7. The summed E-state index contributed by atoms with van der Waals surface area (Å²) in [6.45, 7) is 1.12. The molecule has 11 heteroatoms. The number of rotatable bonds is 10. The van der Waals surface area contributed by atoms with Crippen LogP contribution in [-0.4, -0.2) is 40.0 Å². The zero-order chi connectivity index (χ0) is 25.6. The third-order valence-corrected chi connectivity index (χ3v) is 7.02. The summed E-state index contributed by atoms with van der Waals surface area (Å²) in [6.07, 6.45) is 0. The summed E-state index contributed by atoms with van der Waals surface area (Å²) in [5, 5.41) is 14.0. The first-order chi connectivity index (χ1) is 16.7. The summed E-state index contributed by atoms with van der Waals surface area (Å²) in [5.41, 5.74) is 0.323. The molecule has 184 valence electrons. The molecule has 1 atom stereocenters. The zero-order valence-electron chi connectivity index (χ0n) is 19.4. The van der Waals surface area contributed by atoms with Crippen molar-refractivity contribution < 1.29 is 27.6 Å². The minimum absolute atomic E-state index is 0.00943. The quantitative estimate of drug-likeness (QED) is 0.333. The number of nitro groups is 1. The predicted molar refractivity (Wildman–Crippen MR) is 130 cm³/mol. The van der Waals surface area contributed by atoms with Crippen molar-refractivity contribution in [2.45, 2.75) is 17.9 Å². The van der Waals surface area contributed by atoms with E-state index in [1.807, 2.05) is 0 Å². The maximum absolute atomic E-state index is 13.4. The Balaban J connectivity index is 1.94. The molecule has 1 amide bonds. The number of ether oxygens (including phenoxy) is 2. The highest BCUT2D eigenvalue weighted by Gasteiger charge is 2.29. The van der Waals surface area contributed by atoms with Crippen LogP contribution in [0.4, 0.5) is 11.4 Å². The molecular formula is C24H25N3O7S. The normalized spacial score (nSPS) is 11.9. The maximum atomic E-state index is 13.4. The molecule has 0 aromatic heterocycles. The second kappa shape index (κ2) is 10.9. The van der Waals surface area contributed by atoms with Gasteiger partial charge in [0.1, 0.15) is 18.0 Å². The Morgan fingerprint density at radius 3 is 2.37 bits per heavy atom. The lowest BCUT2D eigenvalue weighted by Crippen LogP contribution is -2.41. The Labute approximate surface area is 203 Å². The number of sulfonamides is 1. The first-order valence-corrected chi connectivity index (χ1v) is 11.9. The van der Waals surface area contributed by atoms with Gasteiger partial charge in [-0.25, -0.2) is 8.42 Å². The van der Waals surface area contributed by atoms with Gasteiger partial charge in [0, 0.05) is 17.7 Å². The smallest absolute Gasteiger partial charge is 0.271 e. The van der Waals surface area contributed by atoms with Gasteiger partial charge in [0.2, 0.25) is 5.91 Å². The number of nitrogens with one attached hydrogen (secondary N) is 1. The average Bonchev–Trinajstić information content (AvgIpc) is 2.87. The molecule has 0 unspecified atom stereocenters. The fourth-order valence-electron chi connectivity index (χ4n) is 3.47. The zero-order valence-corrected chi connectivity index (χ0v) is 20.2. The van der Waals surface area contributed by atoms with E-state index < -0.39 is 33.4 Å². The van der Waals surface area contributed by atoms with Crippen molar-refractivity contribution in [2.75, 3.05) is 25.1 Å². The largest absolute Gasteiger partial charge is 0.497 e. The Hall–Kier alpha value is -4.12. The van der Waals surface area contributed by atoms with Crippen LogP contribution < -0.4 is 19.1 Å². The second-order valence-corrected chi connectivity index (χ2v) is 9.36. The van der Waals surface area contributed by atoms with Crippen molar-refractivity contribution in [3.8, 4) is 11.5 Å². The molecule has 0 saturated carbocycles. The van der Waals surface area contributed by atoms with Crippen LogP contribution in [-0.2, 0) is 14.8 Å². The van der Waals surface area contributed by atoms with Crippen molar-refractivity contribution in [1.29, 1.82) is 0 Å². The molecule has 3 rings (SSSR count). The summed E-state index contributed by atoms with van der Waals surface area (Å²) in [4.78, 5) is 23.6. The molecule has 0 bridgehead atoms. The van der Waals surface area contributed by atoms with Crippen LogP contribution in [0.15, 0.2) is 77.7 Å². The first-order valence-electron chi connectivity index (χ1n) is 10.5. The second-order valence-electron chi connectivity index (χ2n) is 7.50. The van der Waals surface area contributed by atoms with Gasteiger partial charge in [0.25, 0.3) is 15.7 Å². The minimum atomic E-state index is -4.21. The third kappa shape index (κ3) is 5.87. The SMILES string of the molecule is COc1ccc(OC)c([C@@H](C)NC(=O)CN(c2cccc([N+](=O)[O-])c2)S(=O)(=O)c2ccccc2)c1. The average molecular weight is 500 g/mol. The molecule has 1 N–H and O–H groups in total. The summed E-state index contributed by atoms with van der Waals surface area (Å²) in [6, 6.07) is 17.2. The minimum Gasteiger partial charge on any atom is -0.497 e. The van der Waals surface area contributed by atoms with E-state index in [9.17, 15) is 23.3 Å². The van der Waals surface area contributed by atoms with Crippen molar-refractivity contribution in [2.24, 2.45) is 0 Å². The van der Waals surface area contributed by atoms with E-state index in [1.165, 1.54) is 44.6 Å². The lowest BCUT2D eigenvalue weighted by molar-refractivity contribution is -0.384. The van der Waals surface area contributed by atoms with Gasteiger partial charge in [0.15, 0.2) is 0 Å². The molecule has 0 fully saturated rings. The molecular weight excluding hydrogens is 474 g/mol. The standard InChI is InChI=1S/C24H25N3O7S/c1-17(22-15-20(33-2)12-13-23(22)34-3)25-24(28)16-26(18-8-7-9-19(14-18)27(29)30)35(31,32)21-10-5-4-6-11-21/h4-15,17H,16H2,1-3H3,(H,25,28)/t17-/m1/s1. The lowest BCUT2D eigenvalue weighted by atomic mass is 10.1. The fourth-order valence-corrected chi connectivity index (χ4v) is 4.90. The molecule has 0 aliphatic heterocycles. The van der Waals surface area contributed by atoms with E-state index in [-0.39, 0.29) is 16.3 Å². The van der Waals surface area contributed by atoms with Gasteiger partial charge < -0.3 is 14.8 Å². The van der Waals surface area contributed by atoms with E-state index >= 15 is 0 Å². The number of carbonyl (C=O) groups excluding carboxylic acids is 1. The van der Waals surface area contributed by atoms with E-state index in [0.29, 0.717) is 17.1 Å². The van der Waals surface area contributed by atoms with Gasteiger partial charge >= 0.3 is 0 Å². The monoisotopic (exact) mass is 499 g/mol. The number of non-ortho nitro benzene ring substituents is 1. The molecule has 0 aliphatic rings. The highest BCUT2D eigenvalue weighted by molar-refractivity contribution is 7.92. The fraction of sp³-hybridized carbons (Fsp3) is 0.208. The predicted octanol–water partition coefficient (Wildman–Crippen LogP) is 3.68. The molecule has 0 radical (unpaired) electrons. The van der Waals surface area contributed by atoms with Gasteiger partial charge in [-0.3, -0.25) is 19.2 Å². The number of amides is 1. The van der Waals surface area contributed by atoms with E-state index in [0.717, 1.165) is 10.4 Å². The maximum Gasteiger partial charge on any atom is 0.271 e. The van der Waals surface area contributed by atoms with Crippen LogP contribution >= 0.6 is 0 Å². The number of hydrogen-bond donors (Lipinski definition) is 1. The number of methoxy groups -OCH3 is 2. The summed E-state index contributed by atoms with van der Waals surface area (Å²) in [7, 11) is -1.20. The van der Waals surface area contributed by atoms with Crippen molar-refractivity contribution >= 4 is 27.3 Å².